The van der Waals surface area contributed by atoms with Crippen molar-refractivity contribution in [3.05, 3.63) is 52.1 Å². The summed E-state index contributed by atoms with van der Waals surface area (Å²) in [5.74, 6) is 1.39. The Hall–Kier alpha value is -3.27. The molecule has 2 aliphatic rings. The fourth-order valence-corrected chi connectivity index (χ4v) is 4.18. The number of carbonyl (C=O) groups is 1. The van der Waals surface area contributed by atoms with Crippen LogP contribution in [-0.4, -0.2) is 84.8 Å². The molecule has 10 heteroatoms. The average Bonchev–Trinajstić information content (AvgIpc) is 2.84. The second kappa shape index (κ2) is 9.25. The maximum atomic E-state index is 12.8. The number of benzene rings is 1. The van der Waals surface area contributed by atoms with Crippen LogP contribution in [0.1, 0.15) is 17.3 Å². The molecule has 0 aliphatic carbocycles. The Morgan fingerprint density at radius 1 is 0.968 bits per heavy atom. The molecule has 1 amide bonds. The lowest BCUT2D eigenvalue weighted by atomic mass is 10.1. The van der Waals surface area contributed by atoms with E-state index < -0.39 is 4.92 Å². The normalized spacial score (nSPS) is 17.6. The Balaban J connectivity index is 1.35. The van der Waals surface area contributed by atoms with Gasteiger partial charge in [0.15, 0.2) is 11.6 Å². The zero-order valence-corrected chi connectivity index (χ0v) is 17.7. The van der Waals surface area contributed by atoms with Crippen LogP contribution in [0.5, 0.6) is 0 Å². The molecule has 1 aromatic heterocycles. The highest BCUT2D eigenvalue weighted by Gasteiger charge is 2.28. The smallest absolute Gasteiger partial charge is 0.282 e. The molecule has 0 bridgehead atoms. The number of nitrogens with zero attached hydrogens (tertiary/aromatic N) is 6. The summed E-state index contributed by atoms with van der Waals surface area (Å²) in [5, 5.41) is 20.1. The maximum Gasteiger partial charge on any atom is 0.282 e. The predicted octanol–water partition coefficient (Wildman–Crippen LogP) is 0.0720. The zero-order chi connectivity index (χ0) is 21.8. The molecule has 2 saturated heterocycles. The maximum absolute atomic E-state index is 12.8. The number of quaternary nitrogens is 1. The SMILES string of the molecule is CC[NH+]1CCN(c2ccc(N3CCN(C(=O)c4ccccc4[N+](=O)[O-])CC3)nn2)CC1. The number of para-hydroxylation sites is 1. The van der Waals surface area contributed by atoms with Crippen LogP contribution in [0, 0.1) is 10.1 Å². The third kappa shape index (κ3) is 4.58. The van der Waals surface area contributed by atoms with Crippen LogP contribution >= 0.6 is 0 Å². The Morgan fingerprint density at radius 2 is 1.55 bits per heavy atom. The fraction of sp³-hybridized carbons (Fsp3) is 0.476. The number of nitro groups is 1. The molecule has 0 radical (unpaired) electrons. The number of carbonyl (C=O) groups excluding carboxylic acids is 1. The molecule has 2 fully saturated rings. The van der Waals surface area contributed by atoms with E-state index in [0.29, 0.717) is 26.2 Å². The Kier molecular flexibility index (Phi) is 6.26. The molecule has 0 atom stereocenters. The summed E-state index contributed by atoms with van der Waals surface area (Å²) in [7, 11) is 0. The molecule has 0 unspecified atom stereocenters. The van der Waals surface area contributed by atoms with Gasteiger partial charge in [-0.05, 0) is 25.1 Å². The van der Waals surface area contributed by atoms with E-state index >= 15 is 0 Å². The monoisotopic (exact) mass is 426 g/mol. The van der Waals surface area contributed by atoms with Gasteiger partial charge in [0.1, 0.15) is 5.56 Å². The summed E-state index contributed by atoms with van der Waals surface area (Å²) >= 11 is 0. The van der Waals surface area contributed by atoms with Crippen molar-refractivity contribution in [3.63, 3.8) is 0 Å². The molecule has 10 nitrogen and oxygen atoms in total. The van der Waals surface area contributed by atoms with E-state index in [4.69, 9.17) is 0 Å². The van der Waals surface area contributed by atoms with Crippen LogP contribution in [0.2, 0.25) is 0 Å². The second-order valence-electron chi connectivity index (χ2n) is 7.89. The molecule has 1 N–H and O–H groups in total. The van der Waals surface area contributed by atoms with Crippen LogP contribution < -0.4 is 14.7 Å². The van der Waals surface area contributed by atoms with Crippen LogP contribution in [-0.2, 0) is 0 Å². The first kappa shape index (κ1) is 21.0. The van der Waals surface area contributed by atoms with Crippen molar-refractivity contribution < 1.29 is 14.6 Å². The molecule has 31 heavy (non-hydrogen) atoms. The number of amides is 1. The molecule has 0 spiro atoms. The van der Waals surface area contributed by atoms with Gasteiger partial charge in [-0.15, -0.1) is 10.2 Å². The van der Waals surface area contributed by atoms with E-state index in [2.05, 4.69) is 26.9 Å². The Labute approximate surface area is 181 Å². The molecule has 0 saturated carbocycles. The standard InChI is InChI=1S/C21H27N7O3/c1-2-24-9-11-25(12-10-24)19-7-8-20(23-22-19)26-13-15-27(16-14-26)21(29)17-5-3-4-6-18(17)28(30)31/h3-8H,2,9-16H2,1H3/p+1. The summed E-state index contributed by atoms with van der Waals surface area (Å²) < 4.78 is 0. The number of nitrogens with one attached hydrogen (secondary N) is 1. The van der Waals surface area contributed by atoms with Crippen molar-refractivity contribution in [2.45, 2.75) is 6.92 Å². The molecule has 2 aromatic rings. The molecular weight excluding hydrogens is 398 g/mol. The topological polar surface area (TPSA) is 100 Å². The molecule has 4 rings (SSSR count). The van der Waals surface area contributed by atoms with Crippen molar-refractivity contribution in [2.75, 3.05) is 68.7 Å². The van der Waals surface area contributed by atoms with Gasteiger partial charge in [0.05, 0.1) is 37.6 Å². The highest BCUT2D eigenvalue weighted by Crippen LogP contribution is 2.22. The second-order valence-corrected chi connectivity index (χ2v) is 7.89. The number of anilines is 2. The van der Waals surface area contributed by atoms with Gasteiger partial charge in [0, 0.05) is 32.2 Å². The van der Waals surface area contributed by atoms with Gasteiger partial charge in [-0.3, -0.25) is 14.9 Å². The van der Waals surface area contributed by atoms with Gasteiger partial charge in [0.2, 0.25) is 0 Å². The van der Waals surface area contributed by atoms with Gasteiger partial charge in [0.25, 0.3) is 11.6 Å². The fourth-order valence-electron chi connectivity index (χ4n) is 4.18. The first-order chi connectivity index (χ1) is 15.1. The van der Waals surface area contributed by atoms with Crippen molar-refractivity contribution in [3.8, 4) is 0 Å². The van der Waals surface area contributed by atoms with Crippen LogP contribution in [0.15, 0.2) is 36.4 Å². The van der Waals surface area contributed by atoms with E-state index in [1.54, 1.807) is 21.9 Å². The predicted molar refractivity (Wildman–Crippen MR) is 117 cm³/mol. The first-order valence-electron chi connectivity index (χ1n) is 10.8. The number of hydrogen-bond acceptors (Lipinski definition) is 7. The number of likely N-dealkylation sites (N-methyl/N-ethyl adjacent to an activating group) is 1. The summed E-state index contributed by atoms with van der Waals surface area (Å²) in [4.78, 5) is 31.2. The van der Waals surface area contributed by atoms with Gasteiger partial charge in [-0.2, -0.15) is 0 Å². The van der Waals surface area contributed by atoms with E-state index in [1.807, 2.05) is 12.1 Å². The minimum absolute atomic E-state index is 0.134. The van der Waals surface area contributed by atoms with Crippen LogP contribution in [0.3, 0.4) is 0 Å². The summed E-state index contributed by atoms with van der Waals surface area (Å²) in [6, 6.07) is 10.1. The van der Waals surface area contributed by atoms with Crippen molar-refractivity contribution in [2.24, 2.45) is 0 Å². The van der Waals surface area contributed by atoms with Crippen molar-refractivity contribution in [1.82, 2.24) is 15.1 Å². The minimum Gasteiger partial charge on any atom is -0.352 e. The van der Waals surface area contributed by atoms with E-state index in [9.17, 15) is 14.9 Å². The Morgan fingerprint density at radius 3 is 2.10 bits per heavy atom. The molecule has 164 valence electrons. The summed E-state index contributed by atoms with van der Waals surface area (Å²) in [5.41, 5.74) is -0.0205. The summed E-state index contributed by atoms with van der Waals surface area (Å²) in [6.07, 6.45) is 0. The molecule has 2 aliphatic heterocycles. The highest BCUT2D eigenvalue weighted by molar-refractivity contribution is 5.98. The lowest BCUT2D eigenvalue weighted by Gasteiger charge is -2.35. The van der Waals surface area contributed by atoms with Crippen molar-refractivity contribution in [1.29, 1.82) is 0 Å². The number of nitro benzene ring substituents is 1. The largest absolute Gasteiger partial charge is 0.352 e. The van der Waals surface area contributed by atoms with E-state index in [-0.39, 0.29) is 17.2 Å². The minimum atomic E-state index is -0.510. The average molecular weight is 427 g/mol. The number of rotatable bonds is 5. The Bertz CT molecular complexity index is 921. The van der Waals surface area contributed by atoms with Crippen LogP contribution in [0.25, 0.3) is 0 Å². The molecule has 3 heterocycles. The van der Waals surface area contributed by atoms with Gasteiger partial charge >= 0.3 is 0 Å². The quantitative estimate of drug-likeness (QED) is 0.534. The van der Waals surface area contributed by atoms with E-state index in [0.717, 1.165) is 44.4 Å². The third-order valence-corrected chi connectivity index (χ3v) is 6.15. The third-order valence-electron chi connectivity index (χ3n) is 6.15. The number of aromatic nitrogens is 2. The first-order valence-corrected chi connectivity index (χ1v) is 10.8. The summed E-state index contributed by atoms with van der Waals surface area (Å²) in [6.45, 7) is 9.78. The molecular formula is C21H28N7O3+. The van der Waals surface area contributed by atoms with Crippen molar-refractivity contribution >= 4 is 23.2 Å². The van der Waals surface area contributed by atoms with Crippen LogP contribution in [0.4, 0.5) is 17.3 Å². The highest BCUT2D eigenvalue weighted by atomic mass is 16.6. The lowest BCUT2D eigenvalue weighted by Crippen LogP contribution is -3.14. The van der Waals surface area contributed by atoms with Gasteiger partial charge in [-0.25, -0.2) is 0 Å². The number of piperazine rings is 2. The van der Waals surface area contributed by atoms with Gasteiger partial charge < -0.3 is 19.6 Å². The van der Waals surface area contributed by atoms with Gasteiger partial charge in [-0.1, -0.05) is 12.1 Å². The lowest BCUT2D eigenvalue weighted by molar-refractivity contribution is -0.898. The molecule has 1 aromatic carbocycles. The zero-order valence-electron chi connectivity index (χ0n) is 17.7. The van der Waals surface area contributed by atoms with E-state index in [1.165, 1.54) is 12.1 Å². The number of hydrogen-bond donors (Lipinski definition) is 1.